The molecule has 0 aliphatic heterocycles. The number of nitrogens with zero attached hydrogens (tertiary/aromatic N) is 4. The fraction of sp³-hybridized carbons (Fsp3) is 0.500. The molecule has 134 valence electrons. The maximum atomic E-state index is 12.6. The van der Waals surface area contributed by atoms with Crippen LogP contribution in [-0.2, 0) is 19.1 Å². The van der Waals surface area contributed by atoms with E-state index in [9.17, 15) is 9.59 Å². The molecule has 3 rings (SSSR count). The molecule has 0 saturated heterocycles. The predicted octanol–water partition coefficient (Wildman–Crippen LogP) is 1.49. The summed E-state index contributed by atoms with van der Waals surface area (Å²) in [5.74, 6) is -1.38. The molecule has 1 aliphatic rings. The molecular weight excluding hydrogens is 418 g/mol. The summed E-state index contributed by atoms with van der Waals surface area (Å²) in [6.45, 7) is 3.60. The van der Waals surface area contributed by atoms with Gasteiger partial charge in [-0.3, -0.25) is 9.59 Å². The van der Waals surface area contributed by atoms with Gasteiger partial charge in [0.1, 0.15) is 5.52 Å². The number of nitrogens with two attached hydrogens (primary N) is 1. The Morgan fingerprint density at radius 2 is 1.92 bits per heavy atom. The number of rotatable bonds is 5. The number of alkyl halides is 1. The minimum absolute atomic E-state index is 0.0381. The fourth-order valence-electron chi connectivity index (χ4n) is 2.84. The molecule has 2 N–H and O–H groups in total. The number of halogens is 2. The van der Waals surface area contributed by atoms with Crippen molar-refractivity contribution in [2.75, 3.05) is 18.9 Å². The van der Waals surface area contributed by atoms with Gasteiger partial charge in [0, 0.05) is 0 Å². The zero-order valence-corrected chi connectivity index (χ0v) is 15.7. The van der Waals surface area contributed by atoms with E-state index >= 15 is 0 Å². The number of ether oxygens (including phenoxy) is 2. The first-order valence-corrected chi connectivity index (χ1v) is 8.82. The van der Waals surface area contributed by atoms with E-state index in [1.165, 1.54) is 6.33 Å². The van der Waals surface area contributed by atoms with Crippen LogP contribution in [0.25, 0.3) is 11.2 Å². The Kier molecular flexibility index (Phi) is 4.58. The molecule has 0 spiro atoms. The fourth-order valence-corrected chi connectivity index (χ4v) is 4.22. The summed E-state index contributed by atoms with van der Waals surface area (Å²) >= 11 is 9.43. The average molecular weight is 433 g/mol. The Hall–Kier alpha value is -1.94. The number of hydrogen-bond acceptors (Lipinski definition) is 8. The molecule has 1 aliphatic carbocycles. The van der Waals surface area contributed by atoms with Crippen LogP contribution in [0, 0.1) is 5.41 Å². The number of carbonyl (C=O) groups excluding carboxylic acids is 2. The van der Waals surface area contributed by atoms with Gasteiger partial charge in [0.2, 0.25) is 11.4 Å². The van der Waals surface area contributed by atoms with E-state index in [0.717, 1.165) is 0 Å². The molecule has 0 bridgehead atoms. The second-order valence-electron chi connectivity index (χ2n) is 5.35. The Bertz CT molecular complexity index is 839. The lowest BCUT2D eigenvalue weighted by Gasteiger charge is -2.15. The molecule has 2 aromatic heterocycles. The standard InChI is InChI=1S/C14H15BrClN5O4/c1-3-24-11(22)14(12(23)25-4-2)7(15)8(14)21-5-18-6-9(16)19-13(17)20-10(6)21/h5,7-8H,3-4H2,1-2H3,(H2,17,19,20). The molecule has 2 atom stereocenters. The summed E-state index contributed by atoms with van der Waals surface area (Å²) in [5, 5.41) is 0.0888. The van der Waals surface area contributed by atoms with Gasteiger partial charge >= 0.3 is 11.9 Å². The van der Waals surface area contributed by atoms with Crippen LogP contribution in [0.15, 0.2) is 6.33 Å². The SMILES string of the molecule is CCOC(=O)C1(C(=O)OCC)C(Br)C1n1cnc2c(Cl)nc(N)nc21. The summed E-state index contributed by atoms with van der Waals surface area (Å²) in [6.07, 6.45) is 1.43. The molecule has 9 nitrogen and oxygen atoms in total. The Balaban J connectivity index is 2.11. The highest BCUT2D eigenvalue weighted by Gasteiger charge is 2.77. The highest BCUT2D eigenvalue weighted by molar-refractivity contribution is 9.09. The van der Waals surface area contributed by atoms with Crippen LogP contribution < -0.4 is 5.73 Å². The van der Waals surface area contributed by atoms with Crippen LogP contribution in [0.2, 0.25) is 5.15 Å². The van der Waals surface area contributed by atoms with Crippen molar-refractivity contribution in [1.29, 1.82) is 0 Å². The van der Waals surface area contributed by atoms with E-state index in [1.807, 2.05) is 0 Å². The van der Waals surface area contributed by atoms with Gasteiger partial charge in [0.05, 0.1) is 30.4 Å². The number of hydrogen-bond donors (Lipinski definition) is 1. The monoisotopic (exact) mass is 431 g/mol. The molecule has 0 aromatic carbocycles. The van der Waals surface area contributed by atoms with Crippen molar-refractivity contribution in [1.82, 2.24) is 19.5 Å². The zero-order valence-electron chi connectivity index (χ0n) is 13.4. The molecule has 2 heterocycles. The molecule has 1 saturated carbocycles. The quantitative estimate of drug-likeness (QED) is 0.326. The van der Waals surface area contributed by atoms with Crippen molar-refractivity contribution < 1.29 is 19.1 Å². The average Bonchev–Trinajstić information content (AvgIpc) is 2.95. The van der Waals surface area contributed by atoms with Gasteiger partial charge in [-0.15, -0.1) is 0 Å². The Labute approximate surface area is 156 Å². The zero-order chi connectivity index (χ0) is 18.4. The number of nitrogen functional groups attached to an aromatic ring is 1. The highest BCUT2D eigenvalue weighted by atomic mass is 79.9. The third-order valence-electron chi connectivity index (χ3n) is 3.99. The minimum atomic E-state index is -1.52. The van der Waals surface area contributed by atoms with Crippen molar-refractivity contribution in [3.05, 3.63) is 11.5 Å². The number of esters is 2. The van der Waals surface area contributed by atoms with Gasteiger partial charge < -0.3 is 19.8 Å². The molecule has 2 aromatic rings. The summed E-state index contributed by atoms with van der Waals surface area (Å²) in [4.78, 5) is 36.7. The summed E-state index contributed by atoms with van der Waals surface area (Å²) < 4.78 is 11.8. The molecule has 11 heteroatoms. The lowest BCUT2D eigenvalue weighted by molar-refractivity contribution is -0.164. The van der Waals surface area contributed by atoms with E-state index in [0.29, 0.717) is 11.2 Å². The molecule has 25 heavy (non-hydrogen) atoms. The second-order valence-corrected chi connectivity index (χ2v) is 6.70. The van der Waals surface area contributed by atoms with Gasteiger partial charge in [0.15, 0.2) is 10.8 Å². The molecule has 0 amide bonds. The van der Waals surface area contributed by atoms with Gasteiger partial charge in [-0.05, 0) is 13.8 Å². The van der Waals surface area contributed by atoms with E-state index in [1.54, 1.807) is 18.4 Å². The van der Waals surface area contributed by atoms with Crippen molar-refractivity contribution in [3.63, 3.8) is 0 Å². The Morgan fingerprint density at radius 1 is 1.32 bits per heavy atom. The summed E-state index contributed by atoms with van der Waals surface area (Å²) in [5.41, 5.74) is 4.77. The number of carbonyl (C=O) groups is 2. The van der Waals surface area contributed by atoms with E-state index in [-0.39, 0.29) is 24.3 Å². The summed E-state index contributed by atoms with van der Waals surface area (Å²) in [6, 6.07) is -0.638. The number of aromatic nitrogens is 4. The molecule has 0 radical (unpaired) electrons. The third kappa shape index (κ3) is 2.54. The lowest BCUT2D eigenvalue weighted by atomic mass is 10.1. The van der Waals surface area contributed by atoms with Crippen LogP contribution in [-0.4, -0.2) is 49.5 Å². The smallest absolute Gasteiger partial charge is 0.326 e. The lowest BCUT2D eigenvalue weighted by Crippen LogP contribution is -2.34. The second kappa shape index (κ2) is 6.41. The van der Waals surface area contributed by atoms with Gasteiger partial charge in [-0.1, -0.05) is 27.5 Å². The normalized spacial score (nSPS) is 21.1. The number of imidazole rings is 1. The van der Waals surface area contributed by atoms with E-state index < -0.39 is 28.2 Å². The first kappa shape index (κ1) is 17.9. The molecule has 2 unspecified atom stereocenters. The van der Waals surface area contributed by atoms with Crippen molar-refractivity contribution in [2.45, 2.75) is 24.7 Å². The van der Waals surface area contributed by atoms with E-state index in [2.05, 4.69) is 30.9 Å². The van der Waals surface area contributed by atoms with Gasteiger partial charge in [-0.2, -0.15) is 9.97 Å². The third-order valence-corrected chi connectivity index (χ3v) is 5.48. The van der Waals surface area contributed by atoms with Crippen LogP contribution in [0.3, 0.4) is 0 Å². The predicted molar refractivity (Wildman–Crippen MR) is 92.2 cm³/mol. The maximum absolute atomic E-state index is 12.6. The Morgan fingerprint density at radius 3 is 2.48 bits per heavy atom. The molecular formula is C14H15BrClN5O4. The first-order chi connectivity index (χ1) is 11.9. The number of anilines is 1. The maximum Gasteiger partial charge on any atom is 0.326 e. The van der Waals surface area contributed by atoms with Gasteiger partial charge in [-0.25, -0.2) is 4.98 Å². The van der Waals surface area contributed by atoms with E-state index in [4.69, 9.17) is 26.8 Å². The highest BCUT2D eigenvalue weighted by Crippen LogP contribution is 2.63. The van der Waals surface area contributed by atoms with Gasteiger partial charge in [0.25, 0.3) is 0 Å². The van der Waals surface area contributed by atoms with Crippen molar-refractivity contribution in [2.24, 2.45) is 5.41 Å². The topological polar surface area (TPSA) is 122 Å². The van der Waals surface area contributed by atoms with Crippen molar-refractivity contribution in [3.8, 4) is 0 Å². The largest absolute Gasteiger partial charge is 0.465 e. The number of fused-ring (bicyclic) bond motifs is 1. The summed E-state index contributed by atoms with van der Waals surface area (Å²) in [7, 11) is 0. The van der Waals surface area contributed by atoms with Crippen LogP contribution >= 0.6 is 27.5 Å². The van der Waals surface area contributed by atoms with Crippen molar-refractivity contribution >= 4 is 56.6 Å². The van der Waals surface area contributed by atoms with Crippen LogP contribution in [0.1, 0.15) is 19.9 Å². The van der Waals surface area contributed by atoms with Crippen LogP contribution in [0.5, 0.6) is 0 Å². The minimum Gasteiger partial charge on any atom is -0.465 e. The first-order valence-electron chi connectivity index (χ1n) is 7.53. The molecule has 1 fully saturated rings. The van der Waals surface area contributed by atoms with Crippen LogP contribution in [0.4, 0.5) is 5.95 Å².